The minimum absolute atomic E-state index is 0.229. The Kier molecular flexibility index (Phi) is 3.94. The number of rotatable bonds is 5. The Hall–Kier alpha value is -2.66. The third-order valence-corrected chi connectivity index (χ3v) is 5.23. The molecule has 0 spiro atoms. The lowest BCUT2D eigenvalue weighted by Crippen LogP contribution is -2.14. The Morgan fingerprint density at radius 2 is 1.85 bits per heavy atom. The molecule has 0 saturated carbocycles. The largest absolute Gasteiger partial charge is 0.488 e. The van der Waals surface area contributed by atoms with E-state index in [-0.39, 0.29) is 12.0 Å². The maximum Gasteiger partial charge on any atom is 0.232 e. The molecule has 3 heterocycles. The lowest BCUT2D eigenvalue weighted by Gasteiger charge is -2.13. The fourth-order valence-electron chi connectivity index (χ4n) is 3.91. The van der Waals surface area contributed by atoms with Gasteiger partial charge >= 0.3 is 0 Å². The first kappa shape index (κ1) is 15.6. The molecule has 2 aliphatic heterocycles. The fraction of sp³-hybridized carbons (Fsp3) is 0.333. The van der Waals surface area contributed by atoms with Gasteiger partial charge in [0.1, 0.15) is 12.4 Å². The van der Waals surface area contributed by atoms with Crippen LogP contribution in [0.1, 0.15) is 36.6 Å². The summed E-state index contributed by atoms with van der Waals surface area (Å²) in [5.74, 6) is 2.25. The van der Waals surface area contributed by atoms with Crippen molar-refractivity contribution in [3.63, 3.8) is 0 Å². The molecule has 2 aromatic carbocycles. The molecule has 5 heteroatoms. The van der Waals surface area contributed by atoms with Crippen LogP contribution in [0.2, 0.25) is 0 Å². The van der Waals surface area contributed by atoms with E-state index in [1.807, 2.05) is 54.6 Å². The predicted molar refractivity (Wildman–Crippen MR) is 95.8 cm³/mol. The molecule has 0 N–H and O–H groups in total. The van der Waals surface area contributed by atoms with Crippen LogP contribution < -0.4 is 4.74 Å². The molecule has 2 fully saturated rings. The van der Waals surface area contributed by atoms with Gasteiger partial charge in [-0.05, 0) is 37.0 Å². The van der Waals surface area contributed by atoms with Crippen molar-refractivity contribution in [1.29, 1.82) is 0 Å². The number of nitrogens with zero attached hydrogens (tertiary/aromatic N) is 2. The van der Waals surface area contributed by atoms with Crippen molar-refractivity contribution in [1.82, 2.24) is 10.1 Å². The topological polar surface area (TPSA) is 57.4 Å². The smallest absolute Gasteiger partial charge is 0.232 e. The van der Waals surface area contributed by atoms with Gasteiger partial charge in [-0.2, -0.15) is 4.98 Å². The molecular weight excluding hydrogens is 328 g/mol. The van der Waals surface area contributed by atoms with Gasteiger partial charge in [0.25, 0.3) is 0 Å². The van der Waals surface area contributed by atoms with Crippen molar-refractivity contribution in [3.05, 3.63) is 66.1 Å². The number of benzene rings is 2. The van der Waals surface area contributed by atoms with Gasteiger partial charge in [0, 0.05) is 0 Å². The lowest BCUT2D eigenvalue weighted by atomic mass is 9.89. The van der Waals surface area contributed by atoms with E-state index in [0.29, 0.717) is 24.4 Å². The Labute approximate surface area is 152 Å². The second kappa shape index (κ2) is 6.57. The van der Waals surface area contributed by atoms with Crippen LogP contribution in [0.5, 0.6) is 5.75 Å². The third-order valence-electron chi connectivity index (χ3n) is 5.23. The van der Waals surface area contributed by atoms with Crippen molar-refractivity contribution >= 4 is 0 Å². The quantitative estimate of drug-likeness (QED) is 0.686. The van der Waals surface area contributed by atoms with Gasteiger partial charge in [0.15, 0.2) is 0 Å². The molecule has 2 saturated heterocycles. The molecular formula is C21H20N2O3. The van der Waals surface area contributed by atoms with Crippen LogP contribution in [0.15, 0.2) is 59.1 Å². The van der Waals surface area contributed by atoms with Crippen LogP contribution in [-0.4, -0.2) is 22.3 Å². The molecule has 2 aliphatic rings. The summed E-state index contributed by atoms with van der Waals surface area (Å²) < 4.78 is 17.5. The standard InChI is InChI=1S/C21H20N2O3/c1-2-6-14(7-3-1)13-24-18-9-5-4-8-16(18)20-22-21(26-23-20)17-12-15-10-11-19(17)25-15/h1-9,15,17,19H,10-13H2/t15-,17+,19-/m1/s1. The van der Waals surface area contributed by atoms with Crippen molar-refractivity contribution in [3.8, 4) is 17.1 Å². The number of hydrogen-bond acceptors (Lipinski definition) is 5. The Morgan fingerprint density at radius 3 is 2.65 bits per heavy atom. The Balaban J connectivity index is 1.37. The van der Waals surface area contributed by atoms with E-state index < -0.39 is 0 Å². The number of aromatic nitrogens is 2. The molecule has 0 radical (unpaired) electrons. The minimum atomic E-state index is 0.229. The van der Waals surface area contributed by atoms with E-state index in [9.17, 15) is 0 Å². The molecule has 0 aliphatic carbocycles. The monoisotopic (exact) mass is 348 g/mol. The second-order valence-corrected chi connectivity index (χ2v) is 6.94. The summed E-state index contributed by atoms with van der Waals surface area (Å²) in [5.41, 5.74) is 1.97. The first-order valence-corrected chi connectivity index (χ1v) is 9.12. The molecule has 5 nitrogen and oxygen atoms in total. The van der Waals surface area contributed by atoms with Gasteiger partial charge in [-0.15, -0.1) is 0 Å². The number of ether oxygens (including phenoxy) is 2. The maximum atomic E-state index is 6.02. The molecule has 3 aromatic rings. The summed E-state index contributed by atoms with van der Waals surface area (Å²) >= 11 is 0. The lowest BCUT2D eigenvalue weighted by molar-refractivity contribution is 0.0974. The maximum absolute atomic E-state index is 6.02. The molecule has 0 unspecified atom stereocenters. The molecule has 3 atom stereocenters. The van der Waals surface area contributed by atoms with E-state index >= 15 is 0 Å². The normalized spacial score (nSPS) is 24.1. The van der Waals surface area contributed by atoms with Crippen molar-refractivity contribution < 1.29 is 14.0 Å². The summed E-state index contributed by atoms with van der Waals surface area (Å²) in [4.78, 5) is 4.66. The van der Waals surface area contributed by atoms with E-state index in [1.165, 1.54) is 0 Å². The van der Waals surface area contributed by atoms with Crippen LogP contribution in [0.25, 0.3) is 11.4 Å². The highest BCUT2D eigenvalue weighted by Gasteiger charge is 2.44. The van der Waals surface area contributed by atoms with E-state index in [4.69, 9.17) is 14.0 Å². The summed E-state index contributed by atoms with van der Waals surface area (Å²) in [7, 11) is 0. The molecule has 2 bridgehead atoms. The average molecular weight is 348 g/mol. The Morgan fingerprint density at radius 1 is 1.00 bits per heavy atom. The van der Waals surface area contributed by atoms with Gasteiger partial charge in [-0.25, -0.2) is 0 Å². The summed E-state index contributed by atoms with van der Waals surface area (Å²) in [5, 5.41) is 4.21. The first-order chi connectivity index (χ1) is 12.9. The van der Waals surface area contributed by atoms with E-state index in [1.54, 1.807) is 0 Å². The summed E-state index contributed by atoms with van der Waals surface area (Å²) in [6, 6.07) is 17.9. The van der Waals surface area contributed by atoms with Crippen LogP contribution >= 0.6 is 0 Å². The van der Waals surface area contributed by atoms with Gasteiger partial charge in [-0.1, -0.05) is 47.6 Å². The van der Waals surface area contributed by atoms with E-state index in [0.717, 1.165) is 36.1 Å². The Bertz CT molecular complexity index is 893. The molecule has 0 amide bonds. The summed E-state index contributed by atoms with van der Waals surface area (Å²) in [6.07, 6.45) is 3.82. The first-order valence-electron chi connectivity index (χ1n) is 9.12. The SMILES string of the molecule is c1ccc(COc2ccccc2-c2noc([C@H]3C[C@H]4CC[C@H]3O4)n2)cc1. The van der Waals surface area contributed by atoms with Crippen LogP contribution in [0.3, 0.4) is 0 Å². The molecule has 1 aromatic heterocycles. The third kappa shape index (κ3) is 2.88. The van der Waals surface area contributed by atoms with Crippen molar-refractivity contribution in [2.75, 3.05) is 0 Å². The molecule has 5 rings (SSSR count). The zero-order valence-electron chi connectivity index (χ0n) is 14.4. The van der Waals surface area contributed by atoms with Gasteiger partial charge in [0.2, 0.25) is 11.7 Å². The fourth-order valence-corrected chi connectivity index (χ4v) is 3.91. The van der Waals surface area contributed by atoms with Gasteiger partial charge in [-0.3, -0.25) is 0 Å². The number of fused-ring (bicyclic) bond motifs is 2. The minimum Gasteiger partial charge on any atom is -0.488 e. The van der Waals surface area contributed by atoms with Gasteiger partial charge in [0.05, 0.1) is 23.7 Å². The zero-order valence-corrected chi connectivity index (χ0v) is 14.4. The van der Waals surface area contributed by atoms with Crippen molar-refractivity contribution in [2.45, 2.75) is 44.0 Å². The van der Waals surface area contributed by atoms with E-state index in [2.05, 4.69) is 10.1 Å². The van der Waals surface area contributed by atoms with Crippen LogP contribution in [0.4, 0.5) is 0 Å². The highest BCUT2D eigenvalue weighted by Crippen LogP contribution is 2.44. The highest BCUT2D eigenvalue weighted by molar-refractivity contribution is 5.63. The molecule has 26 heavy (non-hydrogen) atoms. The average Bonchev–Trinajstić information content (AvgIpc) is 3.44. The predicted octanol–water partition coefficient (Wildman–Crippen LogP) is 4.35. The zero-order chi connectivity index (χ0) is 17.3. The summed E-state index contributed by atoms with van der Waals surface area (Å²) in [6.45, 7) is 0.503. The van der Waals surface area contributed by atoms with Crippen LogP contribution in [0, 0.1) is 0 Å². The van der Waals surface area contributed by atoms with Crippen LogP contribution in [-0.2, 0) is 11.3 Å². The number of hydrogen-bond donors (Lipinski definition) is 0. The highest BCUT2D eigenvalue weighted by atomic mass is 16.5. The van der Waals surface area contributed by atoms with Gasteiger partial charge < -0.3 is 14.0 Å². The van der Waals surface area contributed by atoms with Crippen molar-refractivity contribution in [2.24, 2.45) is 0 Å². The molecule has 132 valence electrons. The second-order valence-electron chi connectivity index (χ2n) is 6.94. The number of para-hydroxylation sites is 1.